The minimum atomic E-state index is -3.65. The number of hydrogen-bond donors (Lipinski definition) is 1. The number of nitrogens with one attached hydrogen (secondary N) is 1. The van der Waals surface area contributed by atoms with Crippen molar-refractivity contribution in [1.82, 2.24) is 14.3 Å². The zero-order chi connectivity index (χ0) is 21.2. The summed E-state index contributed by atoms with van der Waals surface area (Å²) in [5.74, 6) is 0.395. The Hall–Kier alpha value is -2.87. The van der Waals surface area contributed by atoms with E-state index in [2.05, 4.69) is 29.5 Å². The molecule has 154 valence electrons. The molecule has 0 saturated carbocycles. The third-order valence-corrected chi connectivity index (χ3v) is 5.45. The number of sulfonamides is 1. The van der Waals surface area contributed by atoms with Crippen LogP contribution in [-0.2, 0) is 16.6 Å². The van der Waals surface area contributed by atoms with Gasteiger partial charge in [-0.2, -0.15) is 0 Å². The van der Waals surface area contributed by atoms with E-state index < -0.39 is 15.9 Å². The van der Waals surface area contributed by atoms with Gasteiger partial charge < -0.3 is 9.30 Å². The van der Waals surface area contributed by atoms with E-state index >= 15 is 0 Å². The van der Waals surface area contributed by atoms with Gasteiger partial charge in [-0.15, -0.1) is 0 Å². The van der Waals surface area contributed by atoms with Crippen molar-refractivity contribution in [2.24, 2.45) is 0 Å². The molecule has 2 aromatic heterocycles. The van der Waals surface area contributed by atoms with Crippen molar-refractivity contribution in [2.45, 2.75) is 32.7 Å². The van der Waals surface area contributed by atoms with Crippen LogP contribution in [0, 0.1) is 0 Å². The topological polar surface area (TPSA) is 90.3 Å². The Morgan fingerprint density at radius 3 is 2.66 bits per heavy atom. The third kappa shape index (κ3) is 4.76. The molecule has 0 radical (unpaired) electrons. The molecule has 0 fully saturated rings. The highest BCUT2D eigenvalue weighted by Gasteiger charge is 2.17. The van der Waals surface area contributed by atoms with Gasteiger partial charge in [-0.1, -0.05) is 19.9 Å². The fourth-order valence-electron chi connectivity index (χ4n) is 3.27. The number of hydrogen-bond acceptors (Lipinski definition) is 5. The molecule has 2 heterocycles. The van der Waals surface area contributed by atoms with Crippen LogP contribution < -0.4 is 9.46 Å². The molecule has 0 aliphatic carbocycles. The fraction of sp³-hybridized carbons (Fsp3) is 0.333. The van der Waals surface area contributed by atoms with Crippen LogP contribution in [0.1, 0.15) is 48.1 Å². The van der Waals surface area contributed by atoms with Gasteiger partial charge in [-0.05, 0) is 48.7 Å². The molecule has 0 aliphatic heterocycles. The maximum Gasteiger partial charge on any atom is 0.283 e. The summed E-state index contributed by atoms with van der Waals surface area (Å²) in [4.78, 5) is 16.5. The Morgan fingerprint density at radius 1 is 1.24 bits per heavy atom. The number of pyridine rings is 1. The van der Waals surface area contributed by atoms with Crippen LogP contribution in [0.3, 0.4) is 0 Å². The highest BCUT2D eigenvalue weighted by Crippen LogP contribution is 2.30. The number of ether oxygens (including phenoxy) is 1. The van der Waals surface area contributed by atoms with Crippen LogP contribution in [0.5, 0.6) is 5.75 Å². The van der Waals surface area contributed by atoms with Crippen molar-refractivity contribution < 1.29 is 17.9 Å². The van der Waals surface area contributed by atoms with Gasteiger partial charge in [-0.25, -0.2) is 18.1 Å². The van der Waals surface area contributed by atoms with Crippen LogP contribution >= 0.6 is 0 Å². The van der Waals surface area contributed by atoms with Crippen LogP contribution in [0.15, 0.2) is 42.5 Å². The summed E-state index contributed by atoms with van der Waals surface area (Å²) >= 11 is 0. The van der Waals surface area contributed by atoms with Gasteiger partial charge in [0.2, 0.25) is 10.0 Å². The number of aromatic nitrogens is 2. The van der Waals surface area contributed by atoms with E-state index in [1.807, 2.05) is 29.0 Å². The van der Waals surface area contributed by atoms with Crippen molar-refractivity contribution in [2.75, 3.05) is 13.4 Å². The van der Waals surface area contributed by atoms with Crippen molar-refractivity contribution >= 4 is 26.8 Å². The van der Waals surface area contributed by atoms with Gasteiger partial charge in [0.15, 0.2) is 0 Å². The van der Waals surface area contributed by atoms with Crippen molar-refractivity contribution in [1.29, 1.82) is 0 Å². The van der Waals surface area contributed by atoms with Gasteiger partial charge in [0.1, 0.15) is 11.4 Å². The smallest absolute Gasteiger partial charge is 0.283 e. The molecule has 7 nitrogen and oxygen atoms in total. The molecule has 1 atom stereocenters. The predicted octanol–water partition coefficient (Wildman–Crippen LogP) is 3.30. The second-order valence-corrected chi connectivity index (χ2v) is 8.86. The molecule has 1 N–H and O–H groups in total. The number of fused-ring (bicyclic) bond motifs is 1. The number of benzene rings is 1. The van der Waals surface area contributed by atoms with E-state index in [0.29, 0.717) is 18.2 Å². The van der Waals surface area contributed by atoms with Gasteiger partial charge in [0, 0.05) is 16.6 Å². The minimum Gasteiger partial charge on any atom is -0.497 e. The van der Waals surface area contributed by atoms with Crippen LogP contribution in [0.4, 0.5) is 0 Å². The van der Waals surface area contributed by atoms with Crippen LogP contribution in [0.25, 0.3) is 10.9 Å². The number of amides is 1. The van der Waals surface area contributed by atoms with E-state index in [-0.39, 0.29) is 5.69 Å². The van der Waals surface area contributed by atoms with Gasteiger partial charge in [-0.3, -0.25) is 4.79 Å². The number of carbonyl (C=O) groups is 1. The molecule has 0 spiro atoms. The van der Waals surface area contributed by atoms with E-state index in [0.717, 1.165) is 29.3 Å². The summed E-state index contributed by atoms with van der Waals surface area (Å²) < 4.78 is 32.1. The number of methoxy groups -OCH3 is 1. The predicted molar refractivity (Wildman–Crippen MR) is 113 cm³/mol. The minimum absolute atomic E-state index is 0.0659. The van der Waals surface area contributed by atoms with Crippen molar-refractivity contribution in [3.63, 3.8) is 0 Å². The molecule has 1 unspecified atom stereocenters. The van der Waals surface area contributed by atoms with Crippen LogP contribution in [-0.4, -0.2) is 37.2 Å². The Kier molecular flexibility index (Phi) is 5.93. The summed E-state index contributed by atoms with van der Waals surface area (Å²) in [6.07, 6.45) is 1.92. The van der Waals surface area contributed by atoms with Gasteiger partial charge in [0.05, 0.1) is 25.6 Å². The molecule has 0 saturated heterocycles. The Balaban J connectivity index is 2.01. The largest absolute Gasteiger partial charge is 0.497 e. The summed E-state index contributed by atoms with van der Waals surface area (Å²) in [5.41, 5.74) is 2.96. The number of rotatable bonds is 7. The average molecular weight is 416 g/mol. The summed E-state index contributed by atoms with van der Waals surface area (Å²) in [5, 5.41) is 1.07. The molecular weight excluding hydrogens is 390 g/mol. The normalized spacial score (nSPS) is 12.7. The highest BCUT2D eigenvalue weighted by atomic mass is 32.2. The maximum absolute atomic E-state index is 12.1. The SMILES string of the molecule is CCC(C)c1cc2cc(OC)ccc2n1Cc1cccc(C(=O)NS(C)(=O)=O)n1. The molecule has 1 aromatic carbocycles. The first-order valence-electron chi connectivity index (χ1n) is 9.37. The van der Waals surface area contributed by atoms with Crippen molar-refractivity contribution in [3.8, 4) is 5.75 Å². The number of nitrogens with zero attached hydrogens (tertiary/aromatic N) is 2. The first-order valence-corrected chi connectivity index (χ1v) is 11.3. The average Bonchev–Trinajstić information content (AvgIpc) is 3.03. The first kappa shape index (κ1) is 20.9. The molecule has 3 aromatic rings. The zero-order valence-electron chi connectivity index (χ0n) is 17.0. The molecule has 8 heteroatoms. The summed E-state index contributed by atoms with van der Waals surface area (Å²) in [6, 6.07) is 13.1. The molecule has 0 aliphatic rings. The number of carbonyl (C=O) groups excluding carboxylic acids is 1. The zero-order valence-corrected chi connectivity index (χ0v) is 17.8. The lowest BCUT2D eigenvalue weighted by Gasteiger charge is -2.15. The van der Waals surface area contributed by atoms with Gasteiger partial charge in [0.25, 0.3) is 5.91 Å². The van der Waals surface area contributed by atoms with Crippen molar-refractivity contribution in [3.05, 3.63) is 59.5 Å². The fourth-order valence-corrected chi connectivity index (χ4v) is 3.71. The van der Waals surface area contributed by atoms with E-state index in [1.54, 1.807) is 13.2 Å². The van der Waals surface area contributed by atoms with Gasteiger partial charge >= 0.3 is 0 Å². The lowest BCUT2D eigenvalue weighted by atomic mass is 10.0. The first-order chi connectivity index (χ1) is 13.7. The summed E-state index contributed by atoms with van der Waals surface area (Å²) in [7, 11) is -2.00. The lowest BCUT2D eigenvalue weighted by molar-refractivity contribution is 0.0976. The van der Waals surface area contributed by atoms with E-state index in [9.17, 15) is 13.2 Å². The Labute approximate surface area is 170 Å². The molecule has 1 amide bonds. The second-order valence-electron chi connectivity index (χ2n) is 7.11. The molecule has 3 rings (SSSR count). The quantitative estimate of drug-likeness (QED) is 0.639. The highest BCUT2D eigenvalue weighted by molar-refractivity contribution is 7.89. The summed E-state index contributed by atoms with van der Waals surface area (Å²) in [6.45, 7) is 4.78. The maximum atomic E-state index is 12.1. The lowest BCUT2D eigenvalue weighted by Crippen LogP contribution is -2.30. The second kappa shape index (κ2) is 8.24. The van der Waals surface area contributed by atoms with E-state index in [1.165, 1.54) is 11.8 Å². The van der Waals surface area contributed by atoms with E-state index in [4.69, 9.17) is 4.74 Å². The standard InChI is InChI=1S/C21H25N3O4S/c1-5-14(2)20-12-15-11-17(28-3)9-10-19(15)24(20)13-16-7-6-8-18(22-16)21(25)23-29(4,26)27/h6-12,14H,5,13H2,1-4H3,(H,23,25). The molecule has 0 bridgehead atoms. The molecule has 29 heavy (non-hydrogen) atoms. The third-order valence-electron chi connectivity index (χ3n) is 4.90. The van der Waals surface area contributed by atoms with Crippen LogP contribution in [0.2, 0.25) is 0 Å². The monoisotopic (exact) mass is 415 g/mol. The Bertz CT molecular complexity index is 1150. The Morgan fingerprint density at radius 2 is 2.00 bits per heavy atom. The molecular formula is C21H25N3O4S.